The molecule has 0 unspecified atom stereocenters. The van der Waals surface area contributed by atoms with Gasteiger partial charge in [-0.05, 0) is 36.8 Å². The largest absolute Gasteiger partial charge is 0.463 e. The second kappa shape index (κ2) is 10.5. The molecule has 10 nitrogen and oxygen atoms in total. The van der Waals surface area contributed by atoms with Crippen LogP contribution in [-0.2, 0) is 24.3 Å². The number of sulfonamides is 1. The maximum atomic E-state index is 12.7. The van der Waals surface area contributed by atoms with E-state index in [4.69, 9.17) is 9.47 Å². The van der Waals surface area contributed by atoms with Crippen LogP contribution in [0.3, 0.4) is 0 Å². The number of ether oxygens (including phenoxy) is 2. The molecule has 0 aromatic heterocycles. The third kappa shape index (κ3) is 5.43. The molecule has 1 atom stereocenters. The summed E-state index contributed by atoms with van der Waals surface area (Å²) >= 11 is 0. The van der Waals surface area contributed by atoms with Crippen molar-refractivity contribution >= 4 is 28.0 Å². The fourth-order valence-electron chi connectivity index (χ4n) is 3.27. The minimum absolute atomic E-state index is 0.0256. The Labute approximate surface area is 197 Å². The molecule has 2 N–H and O–H groups in total. The van der Waals surface area contributed by atoms with Gasteiger partial charge < -0.3 is 20.1 Å². The third-order valence-corrected chi connectivity index (χ3v) is 6.83. The number of benzene rings is 2. The molecule has 1 aliphatic rings. The molecular formula is C23H25N3O7S. The van der Waals surface area contributed by atoms with Gasteiger partial charge in [-0.1, -0.05) is 30.3 Å². The Bertz CT molecular complexity index is 1210. The van der Waals surface area contributed by atoms with Gasteiger partial charge in [-0.15, -0.1) is 0 Å². The number of nitrogens with zero attached hydrogens (tertiary/aromatic N) is 1. The van der Waals surface area contributed by atoms with Gasteiger partial charge in [-0.3, -0.25) is 0 Å². The van der Waals surface area contributed by atoms with Gasteiger partial charge in [0.25, 0.3) is 0 Å². The summed E-state index contributed by atoms with van der Waals surface area (Å²) in [5, 5.41) is 5.21. The van der Waals surface area contributed by atoms with Crippen LogP contribution in [0.2, 0.25) is 0 Å². The Morgan fingerprint density at radius 2 is 1.62 bits per heavy atom. The average Bonchev–Trinajstić information content (AvgIpc) is 2.82. The maximum absolute atomic E-state index is 12.7. The normalized spacial score (nSPS) is 16.0. The van der Waals surface area contributed by atoms with Crippen molar-refractivity contribution < 1.29 is 32.3 Å². The second-order valence-electron chi connectivity index (χ2n) is 7.44. The third-order valence-electron chi connectivity index (χ3n) is 5.00. The van der Waals surface area contributed by atoms with Crippen LogP contribution >= 0.6 is 0 Å². The lowest BCUT2D eigenvalue weighted by molar-refractivity contribution is -0.139. The van der Waals surface area contributed by atoms with E-state index in [9.17, 15) is 22.8 Å². The number of hydrogen-bond acceptors (Lipinski definition) is 7. The van der Waals surface area contributed by atoms with Gasteiger partial charge in [0, 0.05) is 14.1 Å². The fourth-order valence-corrected chi connectivity index (χ4v) is 4.17. The zero-order chi connectivity index (χ0) is 24.9. The number of hydrogen-bond donors (Lipinski definition) is 2. The Morgan fingerprint density at radius 1 is 0.971 bits per heavy atom. The van der Waals surface area contributed by atoms with Crippen LogP contribution in [0.4, 0.5) is 4.79 Å². The molecule has 1 aliphatic heterocycles. The molecule has 34 heavy (non-hydrogen) atoms. The predicted molar refractivity (Wildman–Crippen MR) is 122 cm³/mol. The first kappa shape index (κ1) is 24.9. The Kier molecular flexibility index (Phi) is 7.69. The van der Waals surface area contributed by atoms with Crippen molar-refractivity contribution in [3.05, 3.63) is 77.0 Å². The van der Waals surface area contributed by atoms with Crippen LogP contribution in [0, 0.1) is 0 Å². The van der Waals surface area contributed by atoms with Crippen LogP contribution in [0.1, 0.15) is 28.9 Å². The summed E-state index contributed by atoms with van der Waals surface area (Å²) in [5.74, 6) is -1.42. The Hall–Kier alpha value is -3.70. The molecule has 0 spiro atoms. The summed E-state index contributed by atoms with van der Waals surface area (Å²) in [4.78, 5) is 37.6. The van der Waals surface area contributed by atoms with E-state index in [2.05, 4.69) is 10.6 Å². The lowest BCUT2D eigenvalue weighted by Gasteiger charge is -2.29. The highest BCUT2D eigenvalue weighted by Gasteiger charge is 2.34. The first-order valence-electron chi connectivity index (χ1n) is 10.4. The smallest absolute Gasteiger partial charge is 0.338 e. The van der Waals surface area contributed by atoms with E-state index < -0.39 is 40.6 Å². The van der Waals surface area contributed by atoms with Crippen LogP contribution in [0.25, 0.3) is 0 Å². The Morgan fingerprint density at radius 3 is 2.21 bits per heavy atom. The van der Waals surface area contributed by atoms with Crippen molar-refractivity contribution in [1.29, 1.82) is 0 Å². The minimum Gasteiger partial charge on any atom is -0.463 e. The van der Waals surface area contributed by atoms with E-state index in [0.29, 0.717) is 5.56 Å². The molecule has 0 fully saturated rings. The van der Waals surface area contributed by atoms with Gasteiger partial charge in [0.1, 0.15) is 6.61 Å². The van der Waals surface area contributed by atoms with Crippen LogP contribution in [0.5, 0.6) is 0 Å². The monoisotopic (exact) mass is 487 g/mol. The predicted octanol–water partition coefficient (Wildman–Crippen LogP) is 1.96. The second-order valence-corrected chi connectivity index (χ2v) is 9.59. The summed E-state index contributed by atoms with van der Waals surface area (Å²) in [6, 6.07) is 12.7. The number of amides is 2. The molecule has 2 aromatic carbocycles. The molecule has 2 aromatic rings. The van der Waals surface area contributed by atoms with E-state index in [-0.39, 0.29) is 28.3 Å². The number of urea groups is 1. The van der Waals surface area contributed by atoms with Gasteiger partial charge in [0.05, 0.1) is 34.4 Å². The summed E-state index contributed by atoms with van der Waals surface area (Å²) in [6.45, 7) is 1.37. The SMILES string of the molecule is CCOC(=O)C1=C(COC(=O)c2ccc(S(=O)(=O)N(C)C)cc2)NC(=O)N[C@@H]1c1ccccc1. The van der Waals surface area contributed by atoms with E-state index in [1.54, 1.807) is 37.3 Å². The summed E-state index contributed by atoms with van der Waals surface area (Å²) in [6.07, 6.45) is 0. The van der Waals surface area contributed by atoms with Crippen LogP contribution in [-0.4, -0.2) is 58.0 Å². The molecule has 1 heterocycles. The van der Waals surface area contributed by atoms with Gasteiger partial charge >= 0.3 is 18.0 Å². The first-order chi connectivity index (χ1) is 16.1. The topological polar surface area (TPSA) is 131 Å². The van der Waals surface area contributed by atoms with Crippen molar-refractivity contribution in [2.24, 2.45) is 0 Å². The average molecular weight is 488 g/mol. The highest BCUT2D eigenvalue weighted by atomic mass is 32.2. The fraction of sp³-hybridized carbons (Fsp3) is 0.261. The van der Waals surface area contributed by atoms with Gasteiger partial charge in [-0.2, -0.15) is 0 Å². The summed E-state index contributed by atoms with van der Waals surface area (Å²) in [5.41, 5.74) is 0.974. The molecule has 2 amide bonds. The molecule has 0 saturated heterocycles. The molecule has 0 aliphatic carbocycles. The van der Waals surface area contributed by atoms with Crippen molar-refractivity contribution in [1.82, 2.24) is 14.9 Å². The molecular weight excluding hydrogens is 462 g/mol. The Balaban J connectivity index is 1.85. The standard InChI is InChI=1S/C23H25N3O7S/c1-4-32-22(28)19-18(24-23(29)25-20(19)15-8-6-5-7-9-15)14-33-21(27)16-10-12-17(13-11-16)34(30,31)26(2)3/h5-13,20H,4,14H2,1-3H3,(H2,24,25,29)/t20-/m1/s1. The lowest BCUT2D eigenvalue weighted by atomic mass is 9.95. The van der Waals surface area contributed by atoms with Gasteiger partial charge in [0.2, 0.25) is 10.0 Å². The van der Waals surface area contributed by atoms with E-state index in [1.165, 1.54) is 38.4 Å². The molecule has 11 heteroatoms. The maximum Gasteiger partial charge on any atom is 0.338 e. The van der Waals surface area contributed by atoms with Crippen molar-refractivity contribution in [2.75, 3.05) is 27.3 Å². The number of rotatable bonds is 8. The zero-order valence-corrected chi connectivity index (χ0v) is 19.7. The first-order valence-corrected chi connectivity index (χ1v) is 11.8. The minimum atomic E-state index is -3.64. The molecule has 3 rings (SSSR count). The quantitative estimate of drug-likeness (QED) is 0.544. The number of nitrogens with one attached hydrogen (secondary N) is 2. The summed E-state index contributed by atoms with van der Waals surface area (Å²) in [7, 11) is -0.831. The van der Waals surface area contributed by atoms with Gasteiger partial charge in [-0.25, -0.2) is 27.1 Å². The van der Waals surface area contributed by atoms with Gasteiger partial charge in [0.15, 0.2) is 0 Å². The zero-order valence-electron chi connectivity index (χ0n) is 18.9. The highest BCUT2D eigenvalue weighted by Crippen LogP contribution is 2.28. The molecule has 0 bridgehead atoms. The molecule has 0 saturated carbocycles. The number of carbonyl (C=O) groups is 3. The van der Waals surface area contributed by atoms with Crippen molar-refractivity contribution in [3.63, 3.8) is 0 Å². The van der Waals surface area contributed by atoms with E-state index in [1.807, 2.05) is 0 Å². The number of esters is 2. The van der Waals surface area contributed by atoms with Crippen LogP contribution in [0.15, 0.2) is 70.8 Å². The van der Waals surface area contributed by atoms with Crippen molar-refractivity contribution in [3.8, 4) is 0 Å². The van der Waals surface area contributed by atoms with Crippen molar-refractivity contribution in [2.45, 2.75) is 17.9 Å². The molecule has 0 radical (unpaired) electrons. The summed E-state index contributed by atoms with van der Waals surface area (Å²) < 4.78 is 35.9. The highest BCUT2D eigenvalue weighted by molar-refractivity contribution is 7.89. The van der Waals surface area contributed by atoms with E-state index in [0.717, 1.165) is 4.31 Å². The van der Waals surface area contributed by atoms with Crippen LogP contribution < -0.4 is 10.6 Å². The van der Waals surface area contributed by atoms with E-state index >= 15 is 0 Å². The number of carbonyl (C=O) groups excluding carboxylic acids is 3. The molecule has 180 valence electrons. The lowest BCUT2D eigenvalue weighted by Crippen LogP contribution is -2.47.